The quantitative estimate of drug-likeness (QED) is 0.740. The monoisotopic (exact) mass is 271 g/mol. The maximum absolute atomic E-state index is 11.9. The van der Waals surface area contributed by atoms with Crippen LogP contribution in [0.5, 0.6) is 0 Å². The van der Waals surface area contributed by atoms with E-state index in [1.807, 2.05) is 6.92 Å². The number of amides is 1. The van der Waals surface area contributed by atoms with Crippen molar-refractivity contribution in [2.75, 3.05) is 6.54 Å². The topological polar surface area (TPSA) is 75.6 Å². The lowest BCUT2D eigenvalue weighted by atomic mass is 9.94. The number of carboxylic acid groups (broad SMARTS) is 1. The van der Waals surface area contributed by atoms with Crippen molar-refractivity contribution in [1.82, 2.24) is 5.32 Å². The van der Waals surface area contributed by atoms with Crippen LogP contribution in [0.15, 0.2) is 0 Å². The second kappa shape index (κ2) is 7.48. The van der Waals surface area contributed by atoms with Crippen molar-refractivity contribution in [1.29, 1.82) is 0 Å². The third-order valence-corrected chi connectivity index (χ3v) is 3.36. The molecule has 0 aromatic heterocycles. The summed E-state index contributed by atoms with van der Waals surface area (Å²) in [5, 5.41) is 11.7. The summed E-state index contributed by atoms with van der Waals surface area (Å²) >= 11 is 0. The molecule has 0 spiro atoms. The van der Waals surface area contributed by atoms with Crippen molar-refractivity contribution in [3.63, 3.8) is 0 Å². The number of aliphatic carboxylic acids is 1. The molecule has 19 heavy (non-hydrogen) atoms. The maximum atomic E-state index is 11.9. The second-order valence-corrected chi connectivity index (χ2v) is 5.85. The van der Waals surface area contributed by atoms with Gasteiger partial charge in [-0.3, -0.25) is 9.59 Å². The number of carbonyl (C=O) groups is 2. The van der Waals surface area contributed by atoms with Crippen LogP contribution in [-0.2, 0) is 14.3 Å². The highest BCUT2D eigenvalue weighted by atomic mass is 16.5. The standard InChI is InChI=1S/C14H25NO4/c1-9(2)6-11(7-13(16)17)8-15-14(18)12-5-4-10(3)19-12/h9-12H,4-8H2,1-3H3,(H,15,18)(H,16,17). The smallest absolute Gasteiger partial charge is 0.303 e. The van der Waals surface area contributed by atoms with Gasteiger partial charge in [-0.2, -0.15) is 0 Å². The van der Waals surface area contributed by atoms with Crippen molar-refractivity contribution < 1.29 is 19.4 Å². The zero-order valence-corrected chi connectivity index (χ0v) is 12.0. The lowest BCUT2D eigenvalue weighted by Crippen LogP contribution is -2.38. The fourth-order valence-corrected chi connectivity index (χ4v) is 2.51. The van der Waals surface area contributed by atoms with Crippen LogP contribution in [0.1, 0.15) is 46.5 Å². The summed E-state index contributed by atoms with van der Waals surface area (Å²) in [4.78, 5) is 22.7. The first-order valence-corrected chi connectivity index (χ1v) is 7.03. The Kier molecular flexibility index (Phi) is 6.28. The van der Waals surface area contributed by atoms with Gasteiger partial charge in [0.1, 0.15) is 6.10 Å². The molecule has 1 fully saturated rings. The van der Waals surface area contributed by atoms with E-state index in [2.05, 4.69) is 19.2 Å². The average Bonchev–Trinajstić information content (AvgIpc) is 2.71. The predicted octanol–water partition coefficient (Wildman–Crippen LogP) is 1.81. The Balaban J connectivity index is 2.37. The minimum absolute atomic E-state index is 0.0136. The Bertz CT molecular complexity index is 317. The van der Waals surface area contributed by atoms with Gasteiger partial charge in [0.05, 0.1) is 6.10 Å². The fourth-order valence-electron chi connectivity index (χ4n) is 2.51. The molecule has 0 radical (unpaired) electrons. The van der Waals surface area contributed by atoms with Crippen LogP contribution < -0.4 is 5.32 Å². The molecular formula is C14H25NO4. The number of carbonyl (C=O) groups excluding carboxylic acids is 1. The largest absolute Gasteiger partial charge is 0.481 e. The van der Waals surface area contributed by atoms with Gasteiger partial charge >= 0.3 is 5.97 Å². The van der Waals surface area contributed by atoms with Gasteiger partial charge in [-0.05, 0) is 38.0 Å². The molecule has 1 heterocycles. The lowest BCUT2D eigenvalue weighted by Gasteiger charge is -2.19. The summed E-state index contributed by atoms with van der Waals surface area (Å²) in [7, 11) is 0. The molecular weight excluding hydrogens is 246 g/mol. The van der Waals surface area contributed by atoms with Crippen molar-refractivity contribution in [3.8, 4) is 0 Å². The van der Waals surface area contributed by atoms with Crippen LogP contribution in [0.2, 0.25) is 0 Å². The van der Waals surface area contributed by atoms with Crippen molar-refractivity contribution >= 4 is 11.9 Å². The van der Waals surface area contributed by atoms with E-state index in [9.17, 15) is 9.59 Å². The number of carboxylic acids is 1. The molecule has 0 aromatic rings. The molecule has 3 atom stereocenters. The zero-order valence-electron chi connectivity index (χ0n) is 12.0. The second-order valence-electron chi connectivity index (χ2n) is 5.85. The fraction of sp³-hybridized carbons (Fsp3) is 0.857. The highest BCUT2D eigenvalue weighted by Gasteiger charge is 2.28. The third-order valence-electron chi connectivity index (χ3n) is 3.36. The Hall–Kier alpha value is -1.10. The first-order chi connectivity index (χ1) is 8.88. The van der Waals surface area contributed by atoms with Crippen molar-refractivity contribution in [3.05, 3.63) is 0 Å². The molecule has 1 rings (SSSR count). The van der Waals surface area contributed by atoms with Crippen LogP contribution in [0.25, 0.3) is 0 Å². The normalized spacial score (nSPS) is 24.4. The summed E-state index contributed by atoms with van der Waals surface area (Å²) in [5.74, 6) is -0.515. The summed E-state index contributed by atoms with van der Waals surface area (Å²) in [6.07, 6.45) is 2.33. The van der Waals surface area contributed by atoms with E-state index in [1.165, 1.54) is 0 Å². The highest BCUT2D eigenvalue weighted by molar-refractivity contribution is 5.81. The molecule has 5 heteroatoms. The predicted molar refractivity (Wildman–Crippen MR) is 71.8 cm³/mol. The summed E-state index contributed by atoms with van der Waals surface area (Å²) in [5.41, 5.74) is 0. The van der Waals surface area contributed by atoms with Gasteiger partial charge in [0.25, 0.3) is 0 Å². The summed E-state index contributed by atoms with van der Waals surface area (Å²) in [6.45, 7) is 6.48. The molecule has 0 aliphatic carbocycles. The van der Waals surface area contributed by atoms with Crippen molar-refractivity contribution in [2.24, 2.45) is 11.8 Å². The molecule has 1 saturated heterocycles. The van der Waals surface area contributed by atoms with Gasteiger partial charge < -0.3 is 15.2 Å². The zero-order chi connectivity index (χ0) is 14.4. The molecule has 0 aromatic carbocycles. The van der Waals surface area contributed by atoms with Gasteiger partial charge in [0, 0.05) is 13.0 Å². The number of ether oxygens (including phenoxy) is 1. The van der Waals surface area contributed by atoms with Crippen molar-refractivity contribution in [2.45, 2.75) is 58.7 Å². The van der Waals surface area contributed by atoms with E-state index in [-0.39, 0.29) is 30.5 Å². The van der Waals surface area contributed by atoms with E-state index in [4.69, 9.17) is 9.84 Å². The van der Waals surface area contributed by atoms with Crippen LogP contribution in [-0.4, -0.2) is 35.7 Å². The minimum Gasteiger partial charge on any atom is -0.481 e. The van der Waals surface area contributed by atoms with Gasteiger partial charge in [-0.1, -0.05) is 13.8 Å². The molecule has 110 valence electrons. The summed E-state index contributed by atoms with van der Waals surface area (Å²) in [6, 6.07) is 0. The Morgan fingerprint density at radius 2 is 2.05 bits per heavy atom. The highest BCUT2D eigenvalue weighted by Crippen LogP contribution is 2.19. The minimum atomic E-state index is -0.814. The van der Waals surface area contributed by atoms with Gasteiger partial charge in [0.2, 0.25) is 5.91 Å². The van der Waals surface area contributed by atoms with E-state index in [1.54, 1.807) is 0 Å². The molecule has 0 bridgehead atoms. The van der Waals surface area contributed by atoms with Crippen LogP contribution in [0.4, 0.5) is 0 Å². The molecule has 1 amide bonds. The van der Waals surface area contributed by atoms with Crippen LogP contribution in [0, 0.1) is 11.8 Å². The number of hydrogen-bond donors (Lipinski definition) is 2. The van der Waals surface area contributed by atoms with E-state index in [0.717, 1.165) is 19.3 Å². The van der Waals surface area contributed by atoms with Gasteiger partial charge in [-0.15, -0.1) is 0 Å². The number of nitrogens with one attached hydrogen (secondary N) is 1. The third kappa shape index (κ3) is 6.05. The molecule has 1 aliphatic rings. The Morgan fingerprint density at radius 1 is 1.37 bits per heavy atom. The Labute approximate surface area is 114 Å². The van der Waals surface area contributed by atoms with Gasteiger partial charge in [-0.25, -0.2) is 0 Å². The van der Waals surface area contributed by atoms with Crippen LogP contribution in [0.3, 0.4) is 0 Å². The molecule has 5 nitrogen and oxygen atoms in total. The molecule has 0 saturated carbocycles. The van der Waals surface area contributed by atoms with Gasteiger partial charge in [0.15, 0.2) is 0 Å². The Morgan fingerprint density at radius 3 is 2.53 bits per heavy atom. The van der Waals surface area contributed by atoms with E-state index >= 15 is 0 Å². The number of hydrogen-bond acceptors (Lipinski definition) is 3. The van der Waals surface area contributed by atoms with E-state index < -0.39 is 5.97 Å². The molecule has 3 unspecified atom stereocenters. The molecule has 1 aliphatic heterocycles. The lowest BCUT2D eigenvalue weighted by molar-refractivity contribution is -0.139. The maximum Gasteiger partial charge on any atom is 0.303 e. The first kappa shape index (κ1) is 16.0. The van der Waals surface area contributed by atoms with Crippen LogP contribution >= 0.6 is 0 Å². The summed E-state index contributed by atoms with van der Waals surface area (Å²) < 4.78 is 5.49. The number of rotatable bonds is 7. The van der Waals surface area contributed by atoms with E-state index in [0.29, 0.717) is 12.5 Å². The molecule has 2 N–H and O–H groups in total. The SMILES string of the molecule is CC(C)CC(CNC(=O)C1CCC(C)O1)CC(=O)O. The average molecular weight is 271 g/mol. The first-order valence-electron chi connectivity index (χ1n) is 7.03.